The van der Waals surface area contributed by atoms with Crippen LogP contribution in [-0.2, 0) is 9.53 Å². The molecular weight excluding hydrogens is 430 g/mol. The van der Waals surface area contributed by atoms with Gasteiger partial charge < -0.3 is 14.2 Å². The second-order valence-electron chi connectivity index (χ2n) is 9.53. The van der Waals surface area contributed by atoms with Crippen LogP contribution in [0.2, 0.25) is 0 Å². The number of aryl methyl sites for hydroxylation is 1. The van der Waals surface area contributed by atoms with E-state index in [0.29, 0.717) is 25.1 Å². The number of allylic oxidation sites excluding steroid dienone is 2. The molecule has 0 N–H and O–H groups in total. The molecular formula is C23H30F2N6O2. The van der Waals surface area contributed by atoms with Gasteiger partial charge in [-0.15, -0.1) is 5.10 Å². The topological polar surface area (TPSA) is 78.1 Å². The quantitative estimate of drug-likeness (QED) is 0.660. The van der Waals surface area contributed by atoms with Crippen LogP contribution < -0.4 is 0 Å². The molecule has 8 nitrogen and oxygen atoms in total. The van der Waals surface area contributed by atoms with E-state index in [1.54, 1.807) is 19.6 Å². The number of nitrogens with zero attached hydrogens (tertiary/aromatic N) is 6. The Bertz CT molecular complexity index is 1060. The average molecular weight is 461 g/mol. The molecule has 10 heteroatoms. The van der Waals surface area contributed by atoms with Crippen molar-refractivity contribution in [3.63, 3.8) is 0 Å². The molecule has 1 amide bonds. The van der Waals surface area contributed by atoms with Crippen molar-refractivity contribution in [3.05, 3.63) is 48.3 Å². The van der Waals surface area contributed by atoms with E-state index in [-0.39, 0.29) is 23.5 Å². The van der Waals surface area contributed by atoms with Gasteiger partial charge in [-0.25, -0.2) is 18.4 Å². The summed E-state index contributed by atoms with van der Waals surface area (Å²) in [4.78, 5) is 18.6. The van der Waals surface area contributed by atoms with E-state index in [1.807, 2.05) is 49.8 Å². The Morgan fingerprint density at radius 2 is 2.09 bits per heavy atom. The normalized spacial score (nSPS) is 25.4. The number of hydrogen-bond acceptors (Lipinski definition) is 5. The first kappa shape index (κ1) is 23.3. The standard InChI is InChI=1S/C23H30F2N6O2/c1-15-11-30(14-26-15)18-6-5-16(9-20(18)33-4)17-12-31(28-27-17)19-10-23(2,3)7-8-29(22(19)32)13-21(24)25/h5-6,9,11-12,14,18-21H,7-8,10,13H2,1-4H3. The van der Waals surface area contributed by atoms with Crippen LogP contribution in [0.15, 0.2) is 36.9 Å². The largest absolute Gasteiger partial charge is 0.375 e. The highest BCUT2D eigenvalue weighted by Crippen LogP contribution is 2.36. The summed E-state index contributed by atoms with van der Waals surface area (Å²) in [5.74, 6) is -0.337. The molecule has 178 valence electrons. The molecule has 4 rings (SSSR count). The zero-order chi connectivity index (χ0) is 23.8. The number of imidazole rings is 1. The second-order valence-corrected chi connectivity index (χ2v) is 9.53. The summed E-state index contributed by atoms with van der Waals surface area (Å²) < 4.78 is 35.3. The molecule has 0 spiro atoms. The molecule has 1 aliphatic heterocycles. The third-order valence-corrected chi connectivity index (χ3v) is 6.39. The number of ether oxygens (including phenoxy) is 1. The Morgan fingerprint density at radius 3 is 2.76 bits per heavy atom. The minimum Gasteiger partial charge on any atom is -0.375 e. The van der Waals surface area contributed by atoms with E-state index in [1.165, 1.54) is 9.58 Å². The van der Waals surface area contributed by atoms with E-state index in [0.717, 1.165) is 11.3 Å². The van der Waals surface area contributed by atoms with Crippen molar-refractivity contribution in [1.29, 1.82) is 0 Å². The van der Waals surface area contributed by atoms with Crippen LogP contribution in [0, 0.1) is 12.3 Å². The molecule has 2 aliphatic rings. The highest BCUT2D eigenvalue weighted by molar-refractivity contribution is 5.81. The van der Waals surface area contributed by atoms with Gasteiger partial charge >= 0.3 is 0 Å². The van der Waals surface area contributed by atoms with Crippen molar-refractivity contribution in [2.45, 2.75) is 58.2 Å². The van der Waals surface area contributed by atoms with E-state index in [9.17, 15) is 13.6 Å². The summed E-state index contributed by atoms with van der Waals surface area (Å²) in [5.41, 5.74) is 2.16. The van der Waals surface area contributed by atoms with Gasteiger partial charge in [0.25, 0.3) is 6.43 Å². The number of carbonyl (C=O) groups is 1. The number of amides is 1. The highest BCUT2D eigenvalue weighted by atomic mass is 19.3. The molecule has 0 bridgehead atoms. The summed E-state index contributed by atoms with van der Waals surface area (Å²) in [6.07, 6.45) is 9.75. The predicted molar refractivity (Wildman–Crippen MR) is 119 cm³/mol. The molecule has 3 heterocycles. The lowest BCUT2D eigenvalue weighted by molar-refractivity contribution is -0.136. The maximum absolute atomic E-state index is 13.1. The van der Waals surface area contributed by atoms with Crippen molar-refractivity contribution in [3.8, 4) is 0 Å². The first-order chi connectivity index (χ1) is 15.7. The molecule has 33 heavy (non-hydrogen) atoms. The number of hydrogen-bond donors (Lipinski definition) is 0. The molecule has 0 radical (unpaired) electrons. The zero-order valence-electron chi connectivity index (χ0n) is 19.4. The number of alkyl halides is 2. The maximum Gasteiger partial charge on any atom is 0.255 e. The smallest absolute Gasteiger partial charge is 0.255 e. The van der Waals surface area contributed by atoms with Crippen LogP contribution in [0.3, 0.4) is 0 Å². The number of likely N-dealkylation sites (tertiary alicyclic amines) is 1. The minimum atomic E-state index is -2.57. The monoisotopic (exact) mass is 460 g/mol. The van der Waals surface area contributed by atoms with Gasteiger partial charge in [-0.05, 0) is 31.3 Å². The van der Waals surface area contributed by atoms with Gasteiger partial charge in [0.1, 0.15) is 17.8 Å². The van der Waals surface area contributed by atoms with Crippen LogP contribution in [0.25, 0.3) is 5.57 Å². The number of methoxy groups -OCH3 is 1. The molecule has 3 atom stereocenters. The fraction of sp³-hybridized carbons (Fsp3) is 0.565. The molecule has 1 saturated heterocycles. The van der Waals surface area contributed by atoms with Crippen molar-refractivity contribution in [1.82, 2.24) is 29.4 Å². The van der Waals surface area contributed by atoms with Crippen LogP contribution in [0.1, 0.15) is 50.2 Å². The fourth-order valence-electron chi connectivity index (χ4n) is 4.48. The van der Waals surface area contributed by atoms with Crippen molar-refractivity contribution in [2.24, 2.45) is 5.41 Å². The Hall–Kier alpha value is -2.88. The lowest BCUT2D eigenvalue weighted by Crippen LogP contribution is -2.39. The third kappa shape index (κ3) is 5.05. The zero-order valence-corrected chi connectivity index (χ0v) is 19.4. The summed E-state index contributed by atoms with van der Waals surface area (Å²) in [5, 5.41) is 8.50. The predicted octanol–water partition coefficient (Wildman–Crippen LogP) is 3.45. The van der Waals surface area contributed by atoms with Gasteiger partial charge in [-0.1, -0.05) is 31.2 Å². The molecule has 0 saturated carbocycles. The van der Waals surface area contributed by atoms with Gasteiger partial charge in [0.05, 0.1) is 30.8 Å². The van der Waals surface area contributed by atoms with E-state index < -0.39 is 19.0 Å². The van der Waals surface area contributed by atoms with Crippen LogP contribution in [0.5, 0.6) is 0 Å². The molecule has 2 aromatic heterocycles. The summed E-state index contributed by atoms with van der Waals surface area (Å²) in [6.45, 7) is 5.77. The molecule has 2 aromatic rings. The van der Waals surface area contributed by atoms with Gasteiger partial charge in [0, 0.05) is 25.4 Å². The van der Waals surface area contributed by atoms with Crippen LogP contribution >= 0.6 is 0 Å². The van der Waals surface area contributed by atoms with Crippen molar-refractivity contribution >= 4 is 11.5 Å². The Labute approximate surface area is 191 Å². The van der Waals surface area contributed by atoms with Gasteiger partial charge in [-0.2, -0.15) is 0 Å². The summed E-state index contributed by atoms with van der Waals surface area (Å²) in [7, 11) is 1.65. The number of carbonyl (C=O) groups excluding carboxylic acids is 1. The molecule has 1 fully saturated rings. The van der Waals surface area contributed by atoms with E-state index in [4.69, 9.17) is 4.74 Å². The van der Waals surface area contributed by atoms with Gasteiger partial charge in [0.2, 0.25) is 5.91 Å². The molecule has 1 aliphatic carbocycles. The van der Waals surface area contributed by atoms with Gasteiger partial charge in [0.15, 0.2) is 0 Å². The Morgan fingerprint density at radius 1 is 1.30 bits per heavy atom. The Kier molecular flexibility index (Phi) is 6.47. The van der Waals surface area contributed by atoms with Crippen molar-refractivity contribution < 1.29 is 18.3 Å². The maximum atomic E-state index is 13.1. The van der Waals surface area contributed by atoms with E-state index >= 15 is 0 Å². The SMILES string of the molecule is COC1C=C(c2cn(C3CC(C)(C)CCN(CC(F)F)C3=O)nn2)C=CC1n1cnc(C)c1. The fourth-order valence-corrected chi connectivity index (χ4v) is 4.48. The van der Waals surface area contributed by atoms with Crippen LogP contribution in [0.4, 0.5) is 8.78 Å². The molecule has 3 unspecified atom stereocenters. The van der Waals surface area contributed by atoms with Crippen LogP contribution in [-0.4, -0.2) is 68.1 Å². The average Bonchev–Trinajstić information content (AvgIpc) is 3.41. The molecule has 0 aromatic carbocycles. The second kappa shape index (κ2) is 9.17. The number of rotatable bonds is 6. The number of aromatic nitrogens is 5. The first-order valence-electron chi connectivity index (χ1n) is 11.1. The third-order valence-electron chi connectivity index (χ3n) is 6.39. The summed E-state index contributed by atoms with van der Waals surface area (Å²) >= 11 is 0. The van der Waals surface area contributed by atoms with E-state index in [2.05, 4.69) is 15.3 Å². The van der Waals surface area contributed by atoms with Crippen molar-refractivity contribution in [2.75, 3.05) is 20.2 Å². The minimum absolute atomic E-state index is 0.0397. The summed E-state index contributed by atoms with van der Waals surface area (Å²) in [6, 6.07) is -0.710. The first-order valence-corrected chi connectivity index (χ1v) is 11.1. The lowest BCUT2D eigenvalue weighted by Gasteiger charge is -2.26. The Balaban J connectivity index is 1.58. The number of halogens is 2. The lowest BCUT2D eigenvalue weighted by atomic mass is 9.83. The highest BCUT2D eigenvalue weighted by Gasteiger charge is 2.38. The van der Waals surface area contributed by atoms with Gasteiger partial charge in [-0.3, -0.25) is 4.79 Å².